The minimum Gasteiger partial charge on any atom is -0.494 e. The Morgan fingerprint density at radius 1 is 1.33 bits per heavy atom. The summed E-state index contributed by atoms with van der Waals surface area (Å²) in [5, 5.41) is 24.3. The predicted molar refractivity (Wildman–Crippen MR) is 102 cm³/mol. The van der Waals surface area contributed by atoms with Crippen LogP contribution in [0, 0.1) is 34.0 Å². The van der Waals surface area contributed by atoms with Crippen molar-refractivity contribution in [3.8, 4) is 17.9 Å². The standard InChI is InChI=1S/C19H20N4O3S/c1-4-26-13-7-5-12(6-8-13)22-16(24)11-27-18-15(10-21)19(2,3)14(9-20)17(25)23-18/h5-8,14H,4,11H2,1-3H3,(H,22,24)(H,23,25)/t14-/m0/s1. The second-order valence-electron chi connectivity index (χ2n) is 6.38. The Balaban J connectivity index is 2.05. The fourth-order valence-electron chi connectivity index (χ4n) is 2.67. The molecule has 1 aromatic rings. The van der Waals surface area contributed by atoms with Crippen LogP contribution in [0.1, 0.15) is 20.8 Å². The van der Waals surface area contributed by atoms with Crippen LogP contribution in [0.5, 0.6) is 5.75 Å². The third-order valence-corrected chi connectivity index (χ3v) is 5.13. The lowest BCUT2D eigenvalue weighted by Crippen LogP contribution is -2.44. The molecule has 1 heterocycles. The summed E-state index contributed by atoms with van der Waals surface area (Å²) in [5.74, 6) is -0.956. The fourth-order valence-corrected chi connectivity index (χ4v) is 3.64. The van der Waals surface area contributed by atoms with Gasteiger partial charge in [-0.25, -0.2) is 0 Å². The number of allylic oxidation sites excluding steroid dienone is 1. The number of hydrogen-bond acceptors (Lipinski definition) is 6. The highest BCUT2D eigenvalue weighted by Crippen LogP contribution is 2.41. The number of thioether (sulfide) groups is 1. The Morgan fingerprint density at radius 3 is 2.56 bits per heavy atom. The highest BCUT2D eigenvalue weighted by Gasteiger charge is 2.44. The maximum Gasteiger partial charge on any atom is 0.243 e. The molecule has 0 aliphatic carbocycles. The largest absolute Gasteiger partial charge is 0.494 e. The quantitative estimate of drug-likeness (QED) is 0.779. The Morgan fingerprint density at radius 2 is 2.00 bits per heavy atom. The molecule has 8 heteroatoms. The monoisotopic (exact) mass is 384 g/mol. The first-order chi connectivity index (χ1) is 12.8. The smallest absolute Gasteiger partial charge is 0.243 e. The van der Waals surface area contributed by atoms with Crippen molar-refractivity contribution < 1.29 is 14.3 Å². The van der Waals surface area contributed by atoms with Crippen LogP contribution >= 0.6 is 11.8 Å². The lowest BCUT2D eigenvalue weighted by atomic mass is 9.72. The summed E-state index contributed by atoms with van der Waals surface area (Å²) in [6.45, 7) is 5.81. The second-order valence-corrected chi connectivity index (χ2v) is 7.37. The van der Waals surface area contributed by atoms with Crippen LogP contribution in [0.25, 0.3) is 0 Å². The fraction of sp³-hybridized carbons (Fsp3) is 0.368. The van der Waals surface area contributed by atoms with E-state index in [9.17, 15) is 20.1 Å². The van der Waals surface area contributed by atoms with Crippen molar-refractivity contribution >= 4 is 29.3 Å². The van der Waals surface area contributed by atoms with Gasteiger partial charge in [0.05, 0.1) is 35.1 Å². The van der Waals surface area contributed by atoms with Crippen LogP contribution in [-0.4, -0.2) is 24.2 Å². The van der Waals surface area contributed by atoms with E-state index in [1.165, 1.54) is 0 Å². The number of nitrogens with one attached hydrogen (secondary N) is 2. The number of nitriles is 2. The van der Waals surface area contributed by atoms with E-state index in [0.29, 0.717) is 28.6 Å². The molecule has 0 unspecified atom stereocenters. The van der Waals surface area contributed by atoms with Crippen molar-refractivity contribution in [2.75, 3.05) is 17.7 Å². The number of rotatable bonds is 6. The topological polar surface area (TPSA) is 115 Å². The van der Waals surface area contributed by atoms with Gasteiger partial charge in [-0.1, -0.05) is 25.6 Å². The third-order valence-electron chi connectivity index (χ3n) is 4.13. The average molecular weight is 384 g/mol. The van der Waals surface area contributed by atoms with E-state index in [1.54, 1.807) is 38.1 Å². The minimum absolute atomic E-state index is 0.0152. The summed E-state index contributed by atoms with van der Waals surface area (Å²) in [4.78, 5) is 24.3. The van der Waals surface area contributed by atoms with Gasteiger partial charge in [0.2, 0.25) is 11.8 Å². The van der Waals surface area contributed by atoms with Crippen LogP contribution in [0.2, 0.25) is 0 Å². The number of hydrogen-bond donors (Lipinski definition) is 2. The molecule has 1 aliphatic heterocycles. The maximum atomic E-state index is 12.2. The Labute approximate surface area is 162 Å². The number of nitrogens with zero attached hydrogens (tertiary/aromatic N) is 2. The van der Waals surface area contributed by atoms with Gasteiger partial charge in [-0.05, 0) is 31.2 Å². The second kappa shape index (κ2) is 8.61. The molecule has 0 spiro atoms. The van der Waals surface area contributed by atoms with Gasteiger partial charge in [-0.3, -0.25) is 9.59 Å². The van der Waals surface area contributed by atoms with E-state index in [4.69, 9.17) is 4.74 Å². The first-order valence-corrected chi connectivity index (χ1v) is 9.32. The molecule has 0 bridgehead atoms. The molecule has 0 saturated carbocycles. The Kier molecular flexibility index (Phi) is 6.49. The van der Waals surface area contributed by atoms with E-state index in [2.05, 4.69) is 16.7 Å². The molecule has 0 radical (unpaired) electrons. The number of carbonyl (C=O) groups excluding carboxylic acids is 2. The number of carbonyl (C=O) groups is 2. The van der Waals surface area contributed by atoms with Gasteiger partial charge in [-0.15, -0.1) is 0 Å². The molecule has 0 saturated heterocycles. The first-order valence-electron chi connectivity index (χ1n) is 8.34. The summed E-state index contributed by atoms with van der Waals surface area (Å²) in [6.07, 6.45) is 0. The Hall–Kier alpha value is -2.97. The van der Waals surface area contributed by atoms with E-state index in [0.717, 1.165) is 11.8 Å². The molecule has 27 heavy (non-hydrogen) atoms. The number of amides is 2. The van der Waals surface area contributed by atoms with E-state index in [-0.39, 0.29) is 11.7 Å². The molecule has 2 N–H and O–H groups in total. The lowest BCUT2D eigenvalue weighted by molar-refractivity contribution is -0.125. The van der Waals surface area contributed by atoms with E-state index in [1.807, 2.05) is 13.0 Å². The predicted octanol–water partition coefficient (Wildman–Crippen LogP) is 2.79. The molecular weight excluding hydrogens is 364 g/mol. The van der Waals surface area contributed by atoms with Crippen molar-refractivity contribution in [2.45, 2.75) is 20.8 Å². The maximum absolute atomic E-state index is 12.2. The molecule has 0 aromatic heterocycles. The first kappa shape index (κ1) is 20.3. The number of benzene rings is 1. The number of ether oxygens (including phenoxy) is 1. The SMILES string of the molecule is CCOc1ccc(NC(=O)CSC2=C(C#N)C(C)(C)[C@@H](C#N)C(=O)N2)cc1. The van der Waals surface area contributed by atoms with Gasteiger partial charge in [0.1, 0.15) is 11.7 Å². The van der Waals surface area contributed by atoms with Crippen molar-refractivity contribution in [1.82, 2.24) is 5.32 Å². The minimum atomic E-state index is -0.950. The van der Waals surface area contributed by atoms with Crippen molar-refractivity contribution in [3.05, 3.63) is 34.9 Å². The molecule has 140 valence electrons. The van der Waals surface area contributed by atoms with Crippen LogP contribution in [0.15, 0.2) is 34.9 Å². The number of anilines is 1. The average Bonchev–Trinajstić information content (AvgIpc) is 2.61. The third kappa shape index (κ3) is 4.60. The van der Waals surface area contributed by atoms with Crippen molar-refractivity contribution in [3.63, 3.8) is 0 Å². The van der Waals surface area contributed by atoms with Crippen molar-refractivity contribution in [1.29, 1.82) is 10.5 Å². The Bertz CT molecular complexity index is 847. The van der Waals surface area contributed by atoms with Gasteiger partial charge in [0, 0.05) is 11.1 Å². The summed E-state index contributed by atoms with van der Waals surface area (Å²) < 4.78 is 5.35. The van der Waals surface area contributed by atoms with E-state index < -0.39 is 17.2 Å². The van der Waals surface area contributed by atoms with E-state index >= 15 is 0 Å². The molecule has 2 rings (SSSR count). The van der Waals surface area contributed by atoms with Gasteiger partial charge < -0.3 is 15.4 Å². The van der Waals surface area contributed by atoms with Crippen LogP contribution < -0.4 is 15.4 Å². The normalized spacial score (nSPS) is 18.1. The zero-order valence-corrected chi connectivity index (χ0v) is 16.1. The molecule has 1 atom stereocenters. The summed E-state index contributed by atoms with van der Waals surface area (Å²) in [5.41, 5.74) is 0.00310. The van der Waals surface area contributed by atoms with Crippen LogP contribution in [0.3, 0.4) is 0 Å². The molecular formula is C19H20N4O3S. The molecule has 1 aromatic carbocycles. The summed E-state index contributed by atoms with van der Waals surface area (Å²) in [6, 6.07) is 11.0. The molecule has 1 aliphatic rings. The molecule has 7 nitrogen and oxygen atoms in total. The summed E-state index contributed by atoms with van der Waals surface area (Å²) in [7, 11) is 0. The van der Waals surface area contributed by atoms with Gasteiger partial charge in [0.25, 0.3) is 0 Å². The highest BCUT2D eigenvalue weighted by atomic mass is 32.2. The van der Waals surface area contributed by atoms with Crippen LogP contribution in [-0.2, 0) is 9.59 Å². The zero-order chi connectivity index (χ0) is 20.0. The molecule has 0 fully saturated rings. The van der Waals surface area contributed by atoms with Gasteiger partial charge in [0.15, 0.2) is 0 Å². The van der Waals surface area contributed by atoms with Crippen LogP contribution in [0.4, 0.5) is 5.69 Å². The molecule has 2 amide bonds. The van der Waals surface area contributed by atoms with Gasteiger partial charge in [-0.2, -0.15) is 10.5 Å². The zero-order valence-electron chi connectivity index (χ0n) is 15.3. The summed E-state index contributed by atoms with van der Waals surface area (Å²) >= 11 is 1.07. The van der Waals surface area contributed by atoms with Crippen molar-refractivity contribution in [2.24, 2.45) is 11.3 Å². The van der Waals surface area contributed by atoms with Gasteiger partial charge >= 0.3 is 0 Å². The highest BCUT2D eigenvalue weighted by molar-refractivity contribution is 8.03. The lowest BCUT2D eigenvalue weighted by Gasteiger charge is -2.34.